The Morgan fingerprint density at radius 1 is 1.61 bits per heavy atom. The SMILES string of the molecule is C[C@@H](C#N)CN(C)S(=O)(=O)N[C@H]1CCCN(c2ccnn2C)C1. The van der Waals surface area contributed by atoms with Gasteiger partial charge in [-0.1, -0.05) is 0 Å². The van der Waals surface area contributed by atoms with E-state index >= 15 is 0 Å². The number of hydrogen-bond donors (Lipinski definition) is 1. The van der Waals surface area contributed by atoms with Gasteiger partial charge in [-0.2, -0.15) is 27.8 Å². The van der Waals surface area contributed by atoms with Crippen molar-refractivity contribution in [2.24, 2.45) is 13.0 Å². The minimum atomic E-state index is -3.58. The molecular weight excluding hydrogens is 316 g/mol. The topological polar surface area (TPSA) is 94.3 Å². The maximum absolute atomic E-state index is 12.4. The molecule has 1 aromatic heterocycles. The van der Waals surface area contributed by atoms with E-state index in [-0.39, 0.29) is 18.5 Å². The van der Waals surface area contributed by atoms with Gasteiger partial charge in [-0.25, -0.2) is 0 Å². The van der Waals surface area contributed by atoms with E-state index in [1.165, 1.54) is 11.4 Å². The minimum Gasteiger partial charge on any atom is -0.355 e. The molecule has 2 atom stereocenters. The van der Waals surface area contributed by atoms with E-state index < -0.39 is 10.2 Å². The summed E-state index contributed by atoms with van der Waals surface area (Å²) in [5, 5.41) is 13.0. The number of piperidine rings is 1. The van der Waals surface area contributed by atoms with Crippen LogP contribution < -0.4 is 9.62 Å². The van der Waals surface area contributed by atoms with Crippen molar-refractivity contribution in [3.8, 4) is 6.07 Å². The van der Waals surface area contributed by atoms with E-state index in [0.29, 0.717) is 6.54 Å². The summed E-state index contributed by atoms with van der Waals surface area (Å²) < 4.78 is 30.5. The van der Waals surface area contributed by atoms with Gasteiger partial charge in [0.15, 0.2) is 0 Å². The van der Waals surface area contributed by atoms with Crippen LogP contribution in [0.25, 0.3) is 0 Å². The molecule has 0 aromatic carbocycles. The predicted molar refractivity (Wildman–Crippen MR) is 87.9 cm³/mol. The maximum atomic E-state index is 12.4. The molecule has 1 aliphatic rings. The van der Waals surface area contributed by atoms with Gasteiger partial charge in [-0.15, -0.1) is 0 Å². The van der Waals surface area contributed by atoms with Gasteiger partial charge in [0.2, 0.25) is 0 Å². The molecule has 0 bridgehead atoms. The van der Waals surface area contributed by atoms with Crippen molar-refractivity contribution in [1.29, 1.82) is 5.26 Å². The lowest BCUT2D eigenvalue weighted by Gasteiger charge is -2.35. The monoisotopic (exact) mass is 340 g/mol. The van der Waals surface area contributed by atoms with Gasteiger partial charge < -0.3 is 4.90 Å². The number of aryl methyl sites for hydroxylation is 1. The number of hydrogen-bond acceptors (Lipinski definition) is 5. The Morgan fingerprint density at radius 2 is 2.35 bits per heavy atom. The second kappa shape index (κ2) is 7.29. The van der Waals surface area contributed by atoms with Crippen LogP contribution in [0.1, 0.15) is 19.8 Å². The third kappa shape index (κ3) is 4.43. The summed E-state index contributed by atoms with van der Waals surface area (Å²) in [6.45, 7) is 3.39. The largest absolute Gasteiger partial charge is 0.355 e. The highest BCUT2D eigenvalue weighted by Gasteiger charge is 2.28. The number of aromatic nitrogens is 2. The highest BCUT2D eigenvalue weighted by Crippen LogP contribution is 2.19. The molecule has 0 aliphatic carbocycles. The summed E-state index contributed by atoms with van der Waals surface area (Å²) in [6.07, 6.45) is 3.45. The molecule has 128 valence electrons. The van der Waals surface area contributed by atoms with E-state index in [0.717, 1.165) is 25.2 Å². The molecule has 1 N–H and O–H groups in total. The molecule has 1 aromatic rings. The Morgan fingerprint density at radius 3 is 2.96 bits per heavy atom. The maximum Gasteiger partial charge on any atom is 0.279 e. The molecule has 0 spiro atoms. The molecule has 0 amide bonds. The van der Waals surface area contributed by atoms with Crippen molar-refractivity contribution < 1.29 is 8.42 Å². The van der Waals surface area contributed by atoms with Crippen LogP contribution in [0, 0.1) is 17.2 Å². The average Bonchev–Trinajstić information content (AvgIpc) is 2.93. The zero-order valence-corrected chi connectivity index (χ0v) is 14.6. The second-order valence-electron chi connectivity index (χ2n) is 6.03. The number of anilines is 1. The lowest BCUT2D eigenvalue weighted by molar-refractivity contribution is 0.405. The molecule has 1 aliphatic heterocycles. The summed E-state index contributed by atoms with van der Waals surface area (Å²) >= 11 is 0. The fraction of sp³-hybridized carbons (Fsp3) is 0.714. The van der Waals surface area contributed by atoms with Gasteiger partial charge in [0.05, 0.1) is 18.2 Å². The zero-order chi connectivity index (χ0) is 17.0. The normalized spacial score (nSPS) is 20.5. The Balaban J connectivity index is 1.99. The Bertz CT molecular complexity index is 665. The molecule has 2 rings (SSSR count). The van der Waals surface area contributed by atoms with E-state index in [2.05, 4.69) is 20.8 Å². The fourth-order valence-corrected chi connectivity index (χ4v) is 4.00. The van der Waals surface area contributed by atoms with Crippen LogP contribution in [0.2, 0.25) is 0 Å². The number of nitrogens with one attached hydrogen (secondary N) is 1. The van der Waals surface area contributed by atoms with Crippen LogP contribution in [0.5, 0.6) is 0 Å². The standard InChI is InChI=1S/C14H24N6O2S/c1-12(9-15)10-18(2)23(21,22)17-13-5-4-8-20(11-13)14-6-7-16-19(14)3/h6-7,12-13,17H,4-5,8,10-11H2,1-3H3/t12-,13-/m0/s1. The molecule has 1 saturated heterocycles. The van der Waals surface area contributed by atoms with Crippen LogP contribution in [-0.4, -0.2) is 55.2 Å². The van der Waals surface area contributed by atoms with Crippen molar-refractivity contribution in [3.63, 3.8) is 0 Å². The minimum absolute atomic E-state index is 0.150. The first-order chi connectivity index (χ1) is 10.8. The Hall–Kier alpha value is -1.63. The van der Waals surface area contributed by atoms with Crippen molar-refractivity contribution >= 4 is 16.0 Å². The van der Waals surface area contributed by atoms with Gasteiger partial charge >= 0.3 is 0 Å². The summed E-state index contributed by atoms with van der Waals surface area (Å²) in [7, 11) is -0.211. The Labute approximate surface area is 137 Å². The number of nitrogens with zero attached hydrogens (tertiary/aromatic N) is 5. The molecule has 2 heterocycles. The van der Waals surface area contributed by atoms with Crippen LogP contribution >= 0.6 is 0 Å². The smallest absolute Gasteiger partial charge is 0.279 e. The highest BCUT2D eigenvalue weighted by atomic mass is 32.2. The van der Waals surface area contributed by atoms with Gasteiger partial charge in [-0.3, -0.25) is 4.68 Å². The summed E-state index contributed by atoms with van der Waals surface area (Å²) in [6, 6.07) is 3.83. The zero-order valence-electron chi connectivity index (χ0n) is 13.8. The van der Waals surface area contributed by atoms with Crippen molar-refractivity contribution in [3.05, 3.63) is 12.3 Å². The van der Waals surface area contributed by atoms with E-state index in [4.69, 9.17) is 5.26 Å². The van der Waals surface area contributed by atoms with Crippen LogP contribution in [0.3, 0.4) is 0 Å². The molecule has 0 saturated carbocycles. The number of nitriles is 1. The first kappa shape index (κ1) is 17.7. The van der Waals surface area contributed by atoms with Gasteiger partial charge in [0.25, 0.3) is 10.2 Å². The van der Waals surface area contributed by atoms with Crippen molar-refractivity contribution in [2.45, 2.75) is 25.8 Å². The quantitative estimate of drug-likeness (QED) is 0.804. The summed E-state index contributed by atoms with van der Waals surface area (Å²) in [4.78, 5) is 2.14. The third-order valence-corrected chi connectivity index (χ3v) is 5.62. The van der Waals surface area contributed by atoms with E-state index in [1.54, 1.807) is 17.8 Å². The van der Waals surface area contributed by atoms with Crippen molar-refractivity contribution in [2.75, 3.05) is 31.6 Å². The molecule has 0 unspecified atom stereocenters. The predicted octanol–water partition coefficient (Wildman–Crippen LogP) is 0.315. The van der Waals surface area contributed by atoms with E-state index in [9.17, 15) is 8.42 Å². The molecular formula is C14H24N6O2S. The first-order valence-electron chi connectivity index (χ1n) is 7.69. The first-order valence-corrected chi connectivity index (χ1v) is 9.13. The van der Waals surface area contributed by atoms with Crippen LogP contribution in [0.15, 0.2) is 12.3 Å². The molecule has 9 heteroatoms. The molecule has 8 nitrogen and oxygen atoms in total. The summed E-state index contributed by atoms with van der Waals surface area (Å²) in [5.74, 6) is 0.647. The van der Waals surface area contributed by atoms with E-state index in [1.807, 2.05) is 13.1 Å². The molecule has 0 radical (unpaired) electrons. The lowest BCUT2D eigenvalue weighted by Crippen LogP contribution is -2.51. The Kier molecular flexibility index (Phi) is 5.62. The van der Waals surface area contributed by atoms with Crippen molar-refractivity contribution in [1.82, 2.24) is 18.8 Å². The fourth-order valence-electron chi connectivity index (χ4n) is 2.78. The number of rotatable bonds is 6. The summed E-state index contributed by atoms with van der Waals surface area (Å²) in [5.41, 5.74) is 0. The van der Waals surface area contributed by atoms with Gasteiger partial charge in [0.1, 0.15) is 5.82 Å². The van der Waals surface area contributed by atoms with Gasteiger partial charge in [0, 0.05) is 45.8 Å². The average molecular weight is 340 g/mol. The van der Waals surface area contributed by atoms with Crippen LogP contribution in [0.4, 0.5) is 5.82 Å². The van der Waals surface area contributed by atoms with Crippen LogP contribution in [-0.2, 0) is 17.3 Å². The highest BCUT2D eigenvalue weighted by molar-refractivity contribution is 7.87. The lowest BCUT2D eigenvalue weighted by atomic mass is 10.1. The third-order valence-electron chi connectivity index (χ3n) is 4.02. The van der Waals surface area contributed by atoms with Gasteiger partial charge in [-0.05, 0) is 19.8 Å². The molecule has 1 fully saturated rings. The molecule has 23 heavy (non-hydrogen) atoms. The second-order valence-corrected chi connectivity index (χ2v) is 7.84.